The average molecular weight is 311 g/mol. The van der Waals surface area contributed by atoms with Crippen molar-refractivity contribution in [2.75, 3.05) is 19.0 Å². The number of hydrogen-bond donors (Lipinski definition) is 4. The van der Waals surface area contributed by atoms with Gasteiger partial charge in [-0.3, -0.25) is 0 Å². The van der Waals surface area contributed by atoms with E-state index in [2.05, 4.69) is 10.3 Å². The van der Waals surface area contributed by atoms with Crippen LogP contribution in [-0.4, -0.2) is 64.7 Å². The molecule has 1 saturated heterocycles. The monoisotopic (exact) mass is 310 g/mol. The van der Waals surface area contributed by atoms with E-state index < -0.39 is 37.3 Å². The van der Waals surface area contributed by atoms with Crippen molar-refractivity contribution < 1.29 is 24.8 Å². The number of hydrogen-bond acceptors (Lipinski definition) is 8. The first-order valence-corrected chi connectivity index (χ1v) is 6.85. The number of ether oxygens (including phenoxy) is 2. The second-order valence-corrected chi connectivity index (χ2v) is 5.33. The van der Waals surface area contributed by atoms with Gasteiger partial charge in [0, 0.05) is 12.5 Å². The molecule has 1 fully saturated rings. The number of aliphatic hydroxyl groups is 3. The number of halogens is 1. The van der Waals surface area contributed by atoms with Gasteiger partial charge in [-0.15, -0.1) is 11.3 Å². The van der Waals surface area contributed by atoms with Crippen molar-refractivity contribution in [1.29, 1.82) is 0 Å². The molecule has 1 aromatic heterocycles. The molecule has 4 N–H and O–H groups in total. The molecule has 2 heterocycles. The minimum absolute atomic E-state index is 0.335. The van der Waals surface area contributed by atoms with E-state index in [4.69, 9.17) is 26.2 Å². The maximum atomic E-state index is 10.1. The van der Waals surface area contributed by atoms with E-state index in [1.54, 1.807) is 5.38 Å². The van der Waals surface area contributed by atoms with Crippen molar-refractivity contribution in [3.05, 3.63) is 10.5 Å². The summed E-state index contributed by atoms with van der Waals surface area (Å²) in [6.45, 7) is -0.409. The first-order chi connectivity index (χ1) is 9.06. The topological polar surface area (TPSA) is 104 Å². The Kier molecular flexibility index (Phi) is 4.96. The Balaban J connectivity index is 2.12. The summed E-state index contributed by atoms with van der Waals surface area (Å²) in [4.78, 5) is 3.99. The number of thiazole rings is 1. The second kappa shape index (κ2) is 6.31. The van der Waals surface area contributed by atoms with Crippen molar-refractivity contribution in [1.82, 2.24) is 4.98 Å². The van der Waals surface area contributed by atoms with Crippen molar-refractivity contribution in [3.8, 4) is 0 Å². The van der Waals surface area contributed by atoms with Crippen LogP contribution in [0.25, 0.3) is 0 Å². The third-order valence-electron chi connectivity index (χ3n) is 2.88. The standard InChI is InChI=1S/C10H15ClN2O5S/c1-17-9-6(13-10-12-5(11)3-19-10)8(16)7(15)4(2-14)18-9/h3-4,6-9,14-16H,2H2,1H3,(H,12,13)/t4-,6+,7+,8-,9-/m1/s1. The maximum Gasteiger partial charge on any atom is 0.184 e. The molecule has 0 amide bonds. The highest BCUT2D eigenvalue weighted by molar-refractivity contribution is 7.14. The molecule has 9 heteroatoms. The fraction of sp³-hybridized carbons (Fsp3) is 0.700. The van der Waals surface area contributed by atoms with E-state index in [1.165, 1.54) is 18.4 Å². The molecule has 19 heavy (non-hydrogen) atoms. The van der Waals surface area contributed by atoms with Gasteiger partial charge in [-0.25, -0.2) is 4.98 Å². The van der Waals surface area contributed by atoms with Crippen LogP contribution in [0.1, 0.15) is 0 Å². The normalized spacial score (nSPS) is 35.3. The molecule has 1 aliphatic heterocycles. The van der Waals surface area contributed by atoms with Crippen LogP contribution in [0, 0.1) is 0 Å². The van der Waals surface area contributed by atoms with Crippen LogP contribution in [0.2, 0.25) is 5.15 Å². The zero-order chi connectivity index (χ0) is 14.0. The largest absolute Gasteiger partial charge is 0.394 e. The van der Waals surface area contributed by atoms with E-state index in [-0.39, 0.29) is 0 Å². The van der Waals surface area contributed by atoms with Crippen molar-refractivity contribution in [2.24, 2.45) is 0 Å². The molecule has 0 bridgehead atoms. The van der Waals surface area contributed by atoms with E-state index >= 15 is 0 Å². The Hall–Kier alpha value is -0.480. The number of nitrogens with one attached hydrogen (secondary N) is 1. The fourth-order valence-electron chi connectivity index (χ4n) is 1.90. The van der Waals surface area contributed by atoms with E-state index in [0.29, 0.717) is 10.3 Å². The highest BCUT2D eigenvalue weighted by Crippen LogP contribution is 2.27. The van der Waals surface area contributed by atoms with Crippen molar-refractivity contribution in [2.45, 2.75) is 30.6 Å². The number of aliphatic hydroxyl groups excluding tert-OH is 3. The number of nitrogens with zero attached hydrogens (tertiary/aromatic N) is 1. The predicted octanol–water partition coefficient (Wildman–Crippen LogP) is -0.338. The average Bonchev–Trinajstić information content (AvgIpc) is 2.81. The first kappa shape index (κ1) is 14.9. The second-order valence-electron chi connectivity index (χ2n) is 4.09. The summed E-state index contributed by atoms with van der Waals surface area (Å²) >= 11 is 6.97. The molecule has 0 unspecified atom stereocenters. The molecule has 0 spiro atoms. The van der Waals surface area contributed by atoms with Crippen LogP contribution in [0.15, 0.2) is 5.38 Å². The lowest BCUT2D eigenvalue weighted by atomic mass is 9.97. The SMILES string of the molecule is CO[C@@H]1O[C@H](CO)[C@H](O)[C@H](O)[C@@H]1Nc1nc(Cl)cs1. The minimum atomic E-state index is -1.22. The van der Waals surface area contributed by atoms with Crippen molar-refractivity contribution >= 4 is 28.1 Å². The molecule has 7 nitrogen and oxygen atoms in total. The number of rotatable bonds is 4. The molecule has 2 rings (SSSR count). The summed E-state index contributed by atoms with van der Waals surface area (Å²) < 4.78 is 10.5. The lowest BCUT2D eigenvalue weighted by molar-refractivity contribution is -0.254. The Bertz CT molecular complexity index is 418. The lowest BCUT2D eigenvalue weighted by Crippen LogP contribution is -2.61. The summed E-state index contributed by atoms with van der Waals surface area (Å²) in [5.74, 6) is 0. The van der Waals surface area contributed by atoms with Gasteiger partial charge in [0.15, 0.2) is 11.4 Å². The Morgan fingerprint density at radius 2 is 2.26 bits per heavy atom. The van der Waals surface area contributed by atoms with Gasteiger partial charge in [0.1, 0.15) is 29.5 Å². The fourth-order valence-corrected chi connectivity index (χ4v) is 2.79. The molecule has 5 atom stereocenters. The molecular formula is C10H15ClN2O5S. The molecule has 1 aromatic rings. The number of methoxy groups -OCH3 is 1. The zero-order valence-corrected chi connectivity index (χ0v) is 11.6. The third kappa shape index (κ3) is 3.16. The molecule has 1 aliphatic rings. The third-order valence-corrected chi connectivity index (χ3v) is 3.98. The van der Waals surface area contributed by atoms with Gasteiger partial charge in [0.25, 0.3) is 0 Å². The molecule has 0 aromatic carbocycles. The van der Waals surface area contributed by atoms with E-state index in [0.717, 1.165) is 0 Å². The predicted molar refractivity (Wildman–Crippen MR) is 69.3 cm³/mol. The van der Waals surface area contributed by atoms with E-state index in [1.807, 2.05) is 0 Å². The van der Waals surface area contributed by atoms with Gasteiger partial charge in [-0.05, 0) is 0 Å². The summed E-state index contributed by atoms with van der Waals surface area (Å²) in [6.07, 6.45) is -4.10. The van der Waals surface area contributed by atoms with E-state index in [9.17, 15) is 10.2 Å². The van der Waals surface area contributed by atoms with Crippen LogP contribution in [0.5, 0.6) is 0 Å². The number of aromatic nitrogens is 1. The summed E-state index contributed by atoms with van der Waals surface area (Å²) in [5.41, 5.74) is 0. The van der Waals surface area contributed by atoms with Gasteiger partial charge in [0.2, 0.25) is 0 Å². The highest BCUT2D eigenvalue weighted by atomic mass is 35.5. The van der Waals surface area contributed by atoms with Crippen LogP contribution < -0.4 is 5.32 Å². The van der Waals surface area contributed by atoms with Crippen molar-refractivity contribution in [3.63, 3.8) is 0 Å². The number of anilines is 1. The molecule has 0 saturated carbocycles. The Labute approximate surface area is 118 Å². The Morgan fingerprint density at radius 1 is 1.53 bits per heavy atom. The molecule has 108 valence electrons. The van der Waals surface area contributed by atoms with Gasteiger partial charge < -0.3 is 30.1 Å². The van der Waals surface area contributed by atoms with Crippen LogP contribution >= 0.6 is 22.9 Å². The van der Waals surface area contributed by atoms with Gasteiger partial charge in [-0.1, -0.05) is 11.6 Å². The van der Waals surface area contributed by atoms with Gasteiger partial charge in [-0.2, -0.15) is 0 Å². The molecular weight excluding hydrogens is 296 g/mol. The van der Waals surface area contributed by atoms with Gasteiger partial charge in [0.05, 0.1) is 6.61 Å². The lowest BCUT2D eigenvalue weighted by Gasteiger charge is -2.41. The van der Waals surface area contributed by atoms with Crippen LogP contribution in [0.4, 0.5) is 5.13 Å². The van der Waals surface area contributed by atoms with Crippen LogP contribution in [0.3, 0.4) is 0 Å². The molecule has 0 aliphatic carbocycles. The van der Waals surface area contributed by atoms with Gasteiger partial charge >= 0.3 is 0 Å². The summed E-state index contributed by atoms with van der Waals surface area (Å²) in [7, 11) is 1.41. The minimum Gasteiger partial charge on any atom is -0.394 e. The maximum absolute atomic E-state index is 10.1. The quantitative estimate of drug-likeness (QED) is 0.603. The summed E-state index contributed by atoms with van der Waals surface area (Å²) in [6, 6.07) is -0.718. The smallest absolute Gasteiger partial charge is 0.184 e. The van der Waals surface area contributed by atoms with Crippen LogP contribution in [-0.2, 0) is 9.47 Å². The summed E-state index contributed by atoms with van der Waals surface area (Å²) in [5, 5.41) is 34.3. The zero-order valence-electron chi connectivity index (χ0n) is 10.1. The first-order valence-electron chi connectivity index (χ1n) is 5.59. The highest BCUT2D eigenvalue weighted by Gasteiger charge is 2.44. The Morgan fingerprint density at radius 3 is 2.79 bits per heavy atom. The molecule has 0 radical (unpaired) electrons.